The van der Waals surface area contributed by atoms with Crippen LogP contribution in [0.5, 0.6) is 0 Å². The summed E-state index contributed by atoms with van der Waals surface area (Å²) in [4.78, 5) is 13.4. The molecule has 0 bridgehead atoms. The standard InChI is InChI=1S/C10H20N2O/c1-7(2)10(13)12-5-9(6-12)11-8(3)4/h7-9,11H,5-6H2,1-4H3. The summed E-state index contributed by atoms with van der Waals surface area (Å²) in [6.45, 7) is 9.93. The van der Waals surface area contributed by atoms with Gasteiger partial charge in [-0.3, -0.25) is 4.79 Å². The molecule has 1 heterocycles. The van der Waals surface area contributed by atoms with Crippen LogP contribution in [0.3, 0.4) is 0 Å². The summed E-state index contributed by atoms with van der Waals surface area (Å²) in [5.41, 5.74) is 0. The van der Waals surface area contributed by atoms with E-state index in [1.54, 1.807) is 0 Å². The monoisotopic (exact) mass is 184 g/mol. The number of hydrogen-bond donors (Lipinski definition) is 1. The summed E-state index contributed by atoms with van der Waals surface area (Å²) in [5.74, 6) is 0.418. The van der Waals surface area contributed by atoms with E-state index >= 15 is 0 Å². The van der Waals surface area contributed by atoms with Gasteiger partial charge in [0.05, 0.1) is 0 Å². The minimum atomic E-state index is 0.139. The molecule has 1 saturated heterocycles. The van der Waals surface area contributed by atoms with Gasteiger partial charge in [0, 0.05) is 31.1 Å². The Balaban J connectivity index is 2.22. The summed E-state index contributed by atoms with van der Waals surface area (Å²) in [6.07, 6.45) is 0. The van der Waals surface area contributed by atoms with E-state index in [1.165, 1.54) is 0 Å². The topological polar surface area (TPSA) is 32.3 Å². The third-order valence-corrected chi connectivity index (χ3v) is 2.26. The van der Waals surface area contributed by atoms with Crippen molar-refractivity contribution in [3.8, 4) is 0 Å². The molecule has 0 aromatic heterocycles. The van der Waals surface area contributed by atoms with Gasteiger partial charge in [-0.15, -0.1) is 0 Å². The Morgan fingerprint density at radius 2 is 1.85 bits per heavy atom. The minimum absolute atomic E-state index is 0.139. The maximum absolute atomic E-state index is 11.5. The molecule has 0 spiro atoms. The molecule has 0 aromatic carbocycles. The second-order valence-corrected chi connectivity index (χ2v) is 4.42. The van der Waals surface area contributed by atoms with Gasteiger partial charge in [0.2, 0.25) is 5.91 Å². The molecule has 1 aliphatic heterocycles. The Labute approximate surface area is 80.5 Å². The predicted molar refractivity (Wildman–Crippen MR) is 53.5 cm³/mol. The molecule has 76 valence electrons. The quantitative estimate of drug-likeness (QED) is 0.705. The molecule has 1 amide bonds. The average Bonchev–Trinajstić information content (AvgIpc) is 1.94. The van der Waals surface area contributed by atoms with Gasteiger partial charge < -0.3 is 10.2 Å². The van der Waals surface area contributed by atoms with Gasteiger partial charge in [0.25, 0.3) is 0 Å². The number of carbonyl (C=O) groups is 1. The predicted octanol–water partition coefficient (Wildman–Crippen LogP) is 0.851. The van der Waals surface area contributed by atoms with Crippen LogP contribution in [0.1, 0.15) is 27.7 Å². The average molecular weight is 184 g/mol. The number of nitrogens with one attached hydrogen (secondary N) is 1. The summed E-state index contributed by atoms with van der Waals surface area (Å²) < 4.78 is 0. The van der Waals surface area contributed by atoms with Gasteiger partial charge in [-0.05, 0) is 0 Å². The van der Waals surface area contributed by atoms with Gasteiger partial charge in [-0.1, -0.05) is 27.7 Å². The molecule has 0 saturated carbocycles. The molecule has 3 nitrogen and oxygen atoms in total. The van der Waals surface area contributed by atoms with Gasteiger partial charge in [0.15, 0.2) is 0 Å². The Bertz CT molecular complexity index is 183. The highest BCUT2D eigenvalue weighted by Gasteiger charge is 2.31. The Morgan fingerprint density at radius 3 is 2.23 bits per heavy atom. The number of hydrogen-bond acceptors (Lipinski definition) is 2. The highest BCUT2D eigenvalue weighted by atomic mass is 16.2. The minimum Gasteiger partial charge on any atom is -0.339 e. The fourth-order valence-corrected chi connectivity index (χ4v) is 1.60. The largest absolute Gasteiger partial charge is 0.339 e. The summed E-state index contributed by atoms with van der Waals surface area (Å²) in [7, 11) is 0. The van der Waals surface area contributed by atoms with Gasteiger partial charge in [-0.25, -0.2) is 0 Å². The molecule has 1 fully saturated rings. The van der Waals surface area contributed by atoms with E-state index in [2.05, 4.69) is 19.2 Å². The fourth-order valence-electron chi connectivity index (χ4n) is 1.60. The van der Waals surface area contributed by atoms with Crippen LogP contribution < -0.4 is 5.32 Å². The van der Waals surface area contributed by atoms with Crippen LogP contribution in [0, 0.1) is 5.92 Å². The van der Waals surface area contributed by atoms with Crippen molar-refractivity contribution in [3.05, 3.63) is 0 Å². The van der Waals surface area contributed by atoms with Gasteiger partial charge >= 0.3 is 0 Å². The number of carbonyl (C=O) groups excluding carboxylic acids is 1. The Hall–Kier alpha value is -0.570. The van der Waals surface area contributed by atoms with E-state index in [4.69, 9.17) is 0 Å². The molecule has 1 rings (SSSR count). The molecule has 0 aliphatic carbocycles. The highest BCUT2D eigenvalue weighted by molar-refractivity contribution is 5.79. The summed E-state index contributed by atoms with van der Waals surface area (Å²) in [5, 5.41) is 3.41. The van der Waals surface area contributed by atoms with E-state index in [1.807, 2.05) is 18.7 Å². The van der Waals surface area contributed by atoms with E-state index in [0.717, 1.165) is 13.1 Å². The first kappa shape index (κ1) is 10.5. The summed E-state index contributed by atoms with van der Waals surface area (Å²) >= 11 is 0. The lowest BCUT2D eigenvalue weighted by atomic mass is 10.0. The van der Waals surface area contributed by atoms with Crippen molar-refractivity contribution in [2.45, 2.75) is 39.8 Å². The SMILES string of the molecule is CC(C)NC1CN(C(=O)C(C)C)C1. The summed E-state index contributed by atoms with van der Waals surface area (Å²) in [6, 6.07) is 1.03. The van der Waals surface area contributed by atoms with E-state index < -0.39 is 0 Å². The normalized spacial score (nSPS) is 18.2. The van der Waals surface area contributed by atoms with Gasteiger partial charge in [-0.2, -0.15) is 0 Å². The number of likely N-dealkylation sites (tertiary alicyclic amines) is 1. The van der Waals surface area contributed by atoms with Crippen LogP contribution in [-0.4, -0.2) is 36.0 Å². The molecular formula is C10H20N2O. The van der Waals surface area contributed by atoms with Crippen molar-refractivity contribution in [3.63, 3.8) is 0 Å². The molecule has 13 heavy (non-hydrogen) atoms. The van der Waals surface area contributed by atoms with Crippen LogP contribution in [0.25, 0.3) is 0 Å². The van der Waals surface area contributed by atoms with Crippen molar-refractivity contribution < 1.29 is 4.79 Å². The van der Waals surface area contributed by atoms with E-state index in [0.29, 0.717) is 12.1 Å². The van der Waals surface area contributed by atoms with Crippen LogP contribution in [0.4, 0.5) is 0 Å². The van der Waals surface area contributed by atoms with Crippen LogP contribution in [-0.2, 0) is 4.79 Å². The fraction of sp³-hybridized carbons (Fsp3) is 0.900. The molecular weight excluding hydrogens is 164 g/mol. The van der Waals surface area contributed by atoms with Crippen molar-refractivity contribution in [1.82, 2.24) is 10.2 Å². The maximum Gasteiger partial charge on any atom is 0.225 e. The maximum atomic E-state index is 11.5. The van der Waals surface area contributed by atoms with Crippen molar-refractivity contribution in [2.75, 3.05) is 13.1 Å². The Morgan fingerprint density at radius 1 is 1.31 bits per heavy atom. The molecule has 1 aliphatic rings. The zero-order valence-corrected chi connectivity index (χ0v) is 9.00. The van der Waals surface area contributed by atoms with Crippen LogP contribution in [0.15, 0.2) is 0 Å². The smallest absolute Gasteiger partial charge is 0.225 e. The third-order valence-electron chi connectivity index (χ3n) is 2.26. The molecule has 0 unspecified atom stereocenters. The first-order valence-electron chi connectivity index (χ1n) is 5.05. The zero-order valence-electron chi connectivity index (χ0n) is 9.00. The second kappa shape index (κ2) is 4.09. The van der Waals surface area contributed by atoms with E-state index in [9.17, 15) is 4.79 Å². The number of amides is 1. The number of rotatable bonds is 3. The lowest BCUT2D eigenvalue weighted by molar-refractivity contribution is -0.139. The second-order valence-electron chi connectivity index (χ2n) is 4.42. The third kappa shape index (κ3) is 2.69. The molecule has 0 atom stereocenters. The van der Waals surface area contributed by atoms with Crippen molar-refractivity contribution >= 4 is 5.91 Å². The lowest BCUT2D eigenvalue weighted by Gasteiger charge is -2.41. The van der Waals surface area contributed by atoms with Crippen molar-refractivity contribution in [1.29, 1.82) is 0 Å². The first-order chi connectivity index (χ1) is 6.00. The Kier molecular flexibility index (Phi) is 3.31. The van der Waals surface area contributed by atoms with Crippen LogP contribution in [0.2, 0.25) is 0 Å². The van der Waals surface area contributed by atoms with Crippen molar-refractivity contribution in [2.24, 2.45) is 5.92 Å². The number of nitrogens with zero attached hydrogens (tertiary/aromatic N) is 1. The van der Waals surface area contributed by atoms with E-state index in [-0.39, 0.29) is 11.8 Å². The first-order valence-corrected chi connectivity index (χ1v) is 5.05. The lowest BCUT2D eigenvalue weighted by Crippen LogP contribution is -2.61. The molecule has 0 radical (unpaired) electrons. The molecule has 3 heteroatoms. The zero-order chi connectivity index (χ0) is 10.0. The molecule has 0 aromatic rings. The van der Waals surface area contributed by atoms with Gasteiger partial charge in [0.1, 0.15) is 0 Å². The molecule has 1 N–H and O–H groups in total. The highest BCUT2D eigenvalue weighted by Crippen LogP contribution is 2.12. The van der Waals surface area contributed by atoms with Crippen LogP contribution >= 0.6 is 0 Å².